The highest BCUT2D eigenvalue weighted by atomic mass is 79.9. The third kappa shape index (κ3) is 3.69. The molecule has 0 atom stereocenters. The predicted molar refractivity (Wildman–Crippen MR) is 84.1 cm³/mol. The molecule has 106 valence electrons. The lowest BCUT2D eigenvalue weighted by Crippen LogP contribution is -2.29. The van der Waals surface area contributed by atoms with Gasteiger partial charge in [0.25, 0.3) is 0 Å². The number of likely N-dealkylation sites (N-methyl/N-ethyl adjacent to an activating group) is 1. The predicted octanol–water partition coefficient (Wildman–Crippen LogP) is 3.31. The molecule has 3 nitrogen and oxygen atoms in total. The Labute approximate surface area is 128 Å². The van der Waals surface area contributed by atoms with Gasteiger partial charge < -0.3 is 0 Å². The number of nitrogens with zero attached hydrogens (tertiary/aromatic N) is 1. The molecule has 2 aromatic rings. The van der Waals surface area contributed by atoms with Crippen LogP contribution in [0.1, 0.15) is 5.56 Å². The van der Waals surface area contributed by atoms with E-state index in [1.54, 1.807) is 31.3 Å². The van der Waals surface area contributed by atoms with Crippen molar-refractivity contribution in [1.82, 2.24) is 4.31 Å². The molecule has 0 amide bonds. The SMILES string of the molecule is CN(CCc1ccccc1)S(=O)(=O)c1ccc(Br)cc1. The zero-order valence-corrected chi connectivity index (χ0v) is 13.6. The van der Waals surface area contributed by atoms with E-state index >= 15 is 0 Å². The van der Waals surface area contributed by atoms with Gasteiger partial charge in [0.05, 0.1) is 4.90 Å². The number of benzene rings is 2. The third-order valence-corrected chi connectivity index (χ3v) is 5.48. The number of sulfonamides is 1. The standard InChI is InChI=1S/C15H16BrNO2S/c1-17(12-11-13-5-3-2-4-6-13)20(18,19)15-9-7-14(16)8-10-15/h2-10H,11-12H2,1H3. The highest BCUT2D eigenvalue weighted by Gasteiger charge is 2.20. The lowest BCUT2D eigenvalue weighted by Gasteiger charge is -2.17. The molecule has 0 N–H and O–H groups in total. The first-order chi connectivity index (χ1) is 9.50. The van der Waals surface area contributed by atoms with Gasteiger partial charge >= 0.3 is 0 Å². The van der Waals surface area contributed by atoms with Crippen molar-refractivity contribution < 1.29 is 8.42 Å². The largest absolute Gasteiger partial charge is 0.242 e. The Balaban J connectivity index is 2.08. The smallest absolute Gasteiger partial charge is 0.207 e. The summed E-state index contributed by atoms with van der Waals surface area (Å²) < 4.78 is 27.0. The summed E-state index contributed by atoms with van der Waals surface area (Å²) in [5.74, 6) is 0. The first-order valence-electron chi connectivity index (χ1n) is 6.26. The van der Waals surface area contributed by atoms with E-state index in [1.165, 1.54) is 4.31 Å². The van der Waals surface area contributed by atoms with Crippen LogP contribution in [0.25, 0.3) is 0 Å². The summed E-state index contributed by atoms with van der Waals surface area (Å²) >= 11 is 3.30. The molecule has 0 saturated heterocycles. The second-order valence-electron chi connectivity index (χ2n) is 4.52. The maximum atomic E-state index is 12.4. The Hall–Kier alpha value is -1.17. The van der Waals surface area contributed by atoms with E-state index < -0.39 is 10.0 Å². The summed E-state index contributed by atoms with van der Waals surface area (Å²) in [6.45, 7) is 0.461. The van der Waals surface area contributed by atoms with Crippen LogP contribution in [0.15, 0.2) is 64.0 Å². The van der Waals surface area contributed by atoms with E-state index in [9.17, 15) is 8.42 Å². The van der Waals surface area contributed by atoms with Crippen LogP contribution in [0.4, 0.5) is 0 Å². The Kier molecular flexibility index (Phi) is 4.96. The van der Waals surface area contributed by atoms with Gasteiger partial charge in [0.1, 0.15) is 0 Å². The zero-order valence-electron chi connectivity index (χ0n) is 11.2. The first kappa shape index (κ1) is 15.2. The molecule has 0 unspecified atom stereocenters. The van der Waals surface area contributed by atoms with E-state index in [-0.39, 0.29) is 0 Å². The van der Waals surface area contributed by atoms with Crippen molar-refractivity contribution in [3.63, 3.8) is 0 Å². The molecule has 0 aliphatic carbocycles. The average Bonchev–Trinajstić information content (AvgIpc) is 2.46. The molecule has 0 aromatic heterocycles. The van der Waals surface area contributed by atoms with Crippen LogP contribution in [0.2, 0.25) is 0 Å². The van der Waals surface area contributed by atoms with E-state index in [1.807, 2.05) is 30.3 Å². The van der Waals surface area contributed by atoms with Crippen LogP contribution in [-0.4, -0.2) is 26.3 Å². The van der Waals surface area contributed by atoms with E-state index in [0.717, 1.165) is 10.0 Å². The molecule has 2 aromatic carbocycles. The van der Waals surface area contributed by atoms with Crippen molar-refractivity contribution in [2.75, 3.05) is 13.6 Å². The fourth-order valence-corrected chi connectivity index (χ4v) is 3.27. The van der Waals surface area contributed by atoms with Crippen LogP contribution in [0, 0.1) is 0 Å². The van der Waals surface area contributed by atoms with E-state index in [0.29, 0.717) is 17.9 Å². The molecule has 0 heterocycles. The molecular formula is C15H16BrNO2S. The Morgan fingerprint density at radius 3 is 2.20 bits per heavy atom. The van der Waals surface area contributed by atoms with Crippen molar-refractivity contribution in [3.05, 3.63) is 64.6 Å². The highest BCUT2D eigenvalue weighted by molar-refractivity contribution is 9.10. The minimum absolute atomic E-state index is 0.316. The van der Waals surface area contributed by atoms with E-state index in [4.69, 9.17) is 0 Å². The van der Waals surface area contributed by atoms with Crippen molar-refractivity contribution in [3.8, 4) is 0 Å². The van der Waals surface area contributed by atoms with Crippen molar-refractivity contribution in [1.29, 1.82) is 0 Å². The summed E-state index contributed by atoms with van der Waals surface area (Å²) in [6, 6.07) is 16.6. The van der Waals surface area contributed by atoms with Gasteiger partial charge in [-0.2, -0.15) is 0 Å². The van der Waals surface area contributed by atoms with Gasteiger partial charge in [-0.25, -0.2) is 12.7 Å². The van der Waals surface area contributed by atoms with Crippen LogP contribution >= 0.6 is 15.9 Å². The monoisotopic (exact) mass is 353 g/mol. The maximum Gasteiger partial charge on any atom is 0.242 e. The van der Waals surface area contributed by atoms with Gasteiger partial charge in [0.15, 0.2) is 0 Å². The molecule has 0 aliphatic heterocycles. The molecule has 0 bridgehead atoms. The molecule has 5 heteroatoms. The molecule has 0 fully saturated rings. The normalized spacial score (nSPS) is 11.8. The van der Waals surface area contributed by atoms with Crippen molar-refractivity contribution in [2.24, 2.45) is 0 Å². The Morgan fingerprint density at radius 1 is 1.00 bits per heavy atom. The summed E-state index contributed by atoms with van der Waals surface area (Å²) in [7, 11) is -1.80. The first-order valence-corrected chi connectivity index (χ1v) is 8.49. The third-order valence-electron chi connectivity index (χ3n) is 3.08. The van der Waals surface area contributed by atoms with Gasteiger partial charge in [-0.05, 0) is 36.2 Å². The van der Waals surface area contributed by atoms with Crippen molar-refractivity contribution in [2.45, 2.75) is 11.3 Å². The fraction of sp³-hybridized carbons (Fsp3) is 0.200. The molecular weight excluding hydrogens is 338 g/mol. The van der Waals surface area contributed by atoms with Crippen LogP contribution in [0.3, 0.4) is 0 Å². The topological polar surface area (TPSA) is 37.4 Å². The van der Waals surface area contributed by atoms with Gasteiger partial charge in [-0.1, -0.05) is 46.3 Å². The van der Waals surface area contributed by atoms with Gasteiger partial charge in [-0.3, -0.25) is 0 Å². The molecule has 0 saturated carbocycles. The van der Waals surface area contributed by atoms with Crippen molar-refractivity contribution >= 4 is 26.0 Å². The second-order valence-corrected chi connectivity index (χ2v) is 7.48. The van der Waals surface area contributed by atoms with E-state index in [2.05, 4.69) is 15.9 Å². The Morgan fingerprint density at radius 2 is 1.60 bits per heavy atom. The lowest BCUT2D eigenvalue weighted by molar-refractivity contribution is 0.472. The minimum Gasteiger partial charge on any atom is -0.207 e. The maximum absolute atomic E-state index is 12.4. The molecule has 2 rings (SSSR count). The molecule has 20 heavy (non-hydrogen) atoms. The number of hydrogen-bond donors (Lipinski definition) is 0. The minimum atomic E-state index is -3.41. The van der Waals surface area contributed by atoms with Crippen LogP contribution < -0.4 is 0 Å². The van der Waals surface area contributed by atoms with Crippen LogP contribution in [0.5, 0.6) is 0 Å². The lowest BCUT2D eigenvalue weighted by atomic mass is 10.2. The summed E-state index contributed by atoms with van der Waals surface area (Å²) in [5.41, 5.74) is 1.13. The van der Waals surface area contributed by atoms with Crippen LogP contribution in [-0.2, 0) is 16.4 Å². The fourth-order valence-electron chi connectivity index (χ4n) is 1.84. The summed E-state index contributed by atoms with van der Waals surface area (Å²) in [4.78, 5) is 0.316. The number of hydrogen-bond acceptors (Lipinski definition) is 2. The second kappa shape index (κ2) is 6.52. The molecule has 0 spiro atoms. The van der Waals surface area contributed by atoms with Gasteiger partial charge in [0.2, 0.25) is 10.0 Å². The number of rotatable bonds is 5. The van der Waals surface area contributed by atoms with Gasteiger partial charge in [0, 0.05) is 18.1 Å². The summed E-state index contributed by atoms with van der Waals surface area (Å²) in [5, 5.41) is 0. The van der Waals surface area contributed by atoms with Gasteiger partial charge in [-0.15, -0.1) is 0 Å². The Bertz CT molecular complexity index is 654. The molecule has 0 radical (unpaired) electrons. The summed E-state index contributed by atoms with van der Waals surface area (Å²) in [6.07, 6.45) is 0.701. The zero-order chi connectivity index (χ0) is 14.6. The average molecular weight is 354 g/mol. The quantitative estimate of drug-likeness (QED) is 0.826. The molecule has 0 aliphatic rings. The highest BCUT2D eigenvalue weighted by Crippen LogP contribution is 2.18. The number of halogens is 1.